The lowest BCUT2D eigenvalue weighted by molar-refractivity contribution is -0.240. The van der Waals surface area contributed by atoms with Crippen LogP contribution in [0.1, 0.15) is 32.6 Å². The summed E-state index contributed by atoms with van der Waals surface area (Å²) in [5.74, 6) is 0.0486. The molecule has 0 spiro atoms. The maximum atomic E-state index is 12.9. The lowest BCUT2D eigenvalue weighted by Crippen LogP contribution is -2.68. The number of carbonyl (C=O) groups is 2. The van der Waals surface area contributed by atoms with Crippen LogP contribution < -0.4 is 0 Å². The molecule has 0 amide bonds. The summed E-state index contributed by atoms with van der Waals surface area (Å²) >= 11 is 0. The molecule has 4 rings (SSSR count). The number of hydrogen-bond acceptors (Lipinski definition) is 6. The van der Waals surface area contributed by atoms with Gasteiger partial charge in [0, 0.05) is 12.5 Å². The summed E-state index contributed by atoms with van der Waals surface area (Å²) in [6.07, 6.45) is 2.60. The average Bonchev–Trinajstić information content (AvgIpc) is 3.09. The van der Waals surface area contributed by atoms with Crippen molar-refractivity contribution in [2.24, 2.45) is 23.2 Å². The van der Waals surface area contributed by atoms with Crippen molar-refractivity contribution in [3.63, 3.8) is 0 Å². The maximum Gasteiger partial charge on any atom is 0.312 e. The minimum absolute atomic E-state index is 0.00648. The molecule has 122 valence electrons. The van der Waals surface area contributed by atoms with Crippen molar-refractivity contribution in [3.8, 4) is 0 Å². The van der Waals surface area contributed by atoms with E-state index < -0.39 is 24.1 Å². The number of ketones is 1. The van der Waals surface area contributed by atoms with Gasteiger partial charge in [0.1, 0.15) is 6.10 Å². The van der Waals surface area contributed by atoms with Crippen LogP contribution in [0.2, 0.25) is 0 Å². The van der Waals surface area contributed by atoms with E-state index in [2.05, 4.69) is 0 Å². The third kappa shape index (κ3) is 1.66. The quantitative estimate of drug-likeness (QED) is 0.731. The second-order valence-electron chi connectivity index (χ2n) is 6.79. The van der Waals surface area contributed by atoms with Crippen molar-refractivity contribution in [2.45, 2.75) is 51.3 Å². The first kappa shape index (κ1) is 14.6. The molecule has 0 bridgehead atoms. The number of Topliss-reactive ketones (excluding diaryl/α,β-unsaturated/α-hetero) is 1. The molecule has 4 aliphatic rings. The molecule has 3 saturated carbocycles. The maximum absolute atomic E-state index is 12.9. The SMILES string of the molecule is CCOC1O[C@@H]2C[C@@]3(C(=O)OC)[C@@H]4CCC[C@@H]4[C@H]3C(=O)[C@@H]2O1. The Balaban J connectivity index is 1.65. The zero-order chi connectivity index (χ0) is 15.5. The Bertz CT molecular complexity index is 505. The fraction of sp³-hybridized carbons (Fsp3) is 0.875. The molecule has 6 nitrogen and oxygen atoms in total. The number of methoxy groups -OCH3 is 1. The number of hydrogen-bond donors (Lipinski definition) is 0. The first-order chi connectivity index (χ1) is 10.6. The van der Waals surface area contributed by atoms with Gasteiger partial charge in [-0.25, -0.2) is 0 Å². The molecular formula is C16H22O6. The van der Waals surface area contributed by atoms with E-state index in [9.17, 15) is 9.59 Å². The first-order valence-electron chi connectivity index (χ1n) is 8.18. The molecule has 0 aromatic rings. The van der Waals surface area contributed by atoms with Crippen molar-refractivity contribution in [1.29, 1.82) is 0 Å². The van der Waals surface area contributed by atoms with Gasteiger partial charge < -0.3 is 18.9 Å². The van der Waals surface area contributed by atoms with Crippen LogP contribution in [0.15, 0.2) is 0 Å². The molecule has 0 N–H and O–H groups in total. The van der Waals surface area contributed by atoms with Crippen LogP contribution in [0.25, 0.3) is 0 Å². The van der Waals surface area contributed by atoms with E-state index in [-0.39, 0.29) is 23.6 Å². The lowest BCUT2D eigenvalue weighted by atomic mass is 9.42. The molecule has 1 heterocycles. The molecule has 4 fully saturated rings. The van der Waals surface area contributed by atoms with Crippen LogP contribution in [0, 0.1) is 23.2 Å². The van der Waals surface area contributed by atoms with Crippen LogP contribution >= 0.6 is 0 Å². The van der Waals surface area contributed by atoms with Gasteiger partial charge in [0.15, 0.2) is 5.78 Å². The van der Waals surface area contributed by atoms with Crippen LogP contribution in [-0.2, 0) is 28.5 Å². The lowest BCUT2D eigenvalue weighted by Gasteiger charge is -2.59. The van der Waals surface area contributed by atoms with E-state index in [0.29, 0.717) is 18.9 Å². The Morgan fingerprint density at radius 2 is 2.18 bits per heavy atom. The van der Waals surface area contributed by atoms with E-state index in [1.165, 1.54) is 7.11 Å². The molecular weight excluding hydrogens is 288 g/mol. The van der Waals surface area contributed by atoms with Crippen LogP contribution in [0.3, 0.4) is 0 Å². The summed E-state index contributed by atoms with van der Waals surface area (Å²) in [5, 5.41) is 0. The Morgan fingerprint density at radius 1 is 1.36 bits per heavy atom. The Morgan fingerprint density at radius 3 is 2.91 bits per heavy atom. The normalized spacial score (nSPS) is 49.1. The third-order valence-corrected chi connectivity index (χ3v) is 6.09. The van der Waals surface area contributed by atoms with Crippen molar-refractivity contribution >= 4 is 11.8 Å². The van der Waals surface area contributed by atoms with Crippen LogP contribution in [0.4, 0.5) is 0 Å². The number of esters is 1. The average molecular weight is 310 g/mol. The van der Waals surface area contributed by atoms with Gasteiger partial charge in [-0.05, 0) is 38.0 Å². The Kier molecular flexibility index (Phi) is 3.33. The molecule has 1 unspecified atom stereocenters. The molecule has 3 aliphatic carbocycles. The number of ether oxygens (including phenoxy) is 4. The zero-order valence-electron chi connectivity index (χ0n) is 12.9. The van der Waals surface area contributed by atoms with Crippen molar-refractivity contribution in [2.75, 3.05) is 13.7 Å². The molecule has 1 saturated heterocycles. The van der Waals surface area contributed by atoms with E-state index in [1.54, 1.807) is 0 Å². The van der Waals surface area contributed by atoms with E-state index >= 15 is 0 Å². The predicted molar refractivity (Wildman–Crippen MR) is 73.6 cm³/mol. The molecule has 7 atom stereocenters. The molecule has 1 aliphatic heterocycles. The van der Waals surface area contributed by atoms with E-state index in [0.717, 1.165) is 19.3 Å². The fourth-order valence-electron chi connectivity index (χ4n) is 5.40. The largest absolute Gasteiger partial charge is 0.469 e. The van der Waals surface area contributed by atoms with Crippen molar-refractivity contribution < 1.29 is 28.5 Å². The second-order valence-corrected chi connectivity index (χ2v) is 6.79. The summed E-state index contributed by atoms with van der Waals surface area (Å²) < 4.78 is 21.8. The fourth-order valence-corrected chi connectivity index (χ4v) is 5.40. The minimum Gasteiger partial charge on any atom is -0.469 e. The van der Waals surface area contributed by atoms with Gasteiger partial charge in [-0.15, -0.1) is 0 Å². The highest BCUT2D eigenvalue weighted by Crippen LogP contribution is 2.68. The van der Waals surface area contributed by atoms with E-state index in [4.69, 9.17) is 18.9 Å². The highest BCUT2D eigenvalue weighted by molar-refractivity contribution is 5.96. The summed E-state index contributed by atoms with van der Waals surface area (Å²) in [5.41, 5.74) is -0.696. The van der Waals surface area contributed by atoms with Crippen molar-refractivity contribution in [3.05, 3.63) is 0 Å². The van der Waals surface area contributed by atoms with Crippen LogP contribution in [0.5, 0.6) is 0 Å². The summed E-state index contributed by atoms with van der Waals surface area (Å²) in [7, 11) is 1.40. The highest BCUT2D eigenvalue weighted by atomic mass is 16.9. The molecule has 0 radical (unpaired) electrons. The number of rotatable bonds is 3. The highest BCUT2D eigenvalue weighted by Gasteiger charge is 2.74. The molecule has 0 aromatic heterocycles. The van der Waals surface area contributed by atoms with Gasteiger partial charge in [0.25, 0.3) is 6.48 Å². The summed E-state index contributed by atoms with van der Waals surface area (Å²) in [4.78, 5) is 25.5. The van der Waals surface area contributed by atoms with Gasteiger partial charge in [0.2, 0.25) is 0 Å². The van der Waals surface area contributed by atoms with Crippen molar-refractivity contribution in [1.82, 2.24) is 0 Å². The summed E-state index contributed by atoms with van der Waals surface area (Å²) in [6, 6.07) is 0. The van der Waals surface area contributed by atoms with Gasteiger partial charge in [-0.3, -0.25) is 9.59 Å². The number of carbonyl (C=O) groups excluding carboxylic acids is 2. The minimum atomic E-state index is -0.795. The van der Waals surface area contributed by atoms with Gasteiger partial charge in [-0.1, -0.05) is 6.42 Å². The van der Waals surface area contributed by atoms with Gasteiger partial charge in [0.05, 0.1) is 18.6 Å². The molecule has 22 heavy (non-hydrogen) atoms. The first-order valence-corrected chi connectivity index (χ1v) is 8.18. The third-order valence-electron chi connectivity index (χ3n) is 6.09. The Labute approximate surface area is 129 Å². The standard InChI is InChI=1S/C16H22O6/c1-3-20-15-21-10-7-16(14(18)19-2)9-6-4-5-8(9)11(16)12(17)13(10)22-15/h8-11,13,15H,3-7H2,1-2H3/t8-,9+,10+,11-,13+,15?,16+/m0/s1. The second kappa shape index (κ2) is 5.01. The smallest absolute Gasteiger partial charge is 0.312 e. The van der Waals surface area contributed by atoms with Crippen LogP contribution in [-0.4, -0.2) is 44.2 Å². The predicted octanol–water partition coefficient (Wildman–Crippen LogP) is 1.27. The van der Waals surface area contributed by atoms with E-state index in [1.807, 2.05) is 6.92 Å². The van der Waals surface area contributed by atoms with Gasteiger partial charge in [-0.2, -0.15) is 0 Å². The summed E-state index contributed by atoms with van der Waals surface area (Å²) in [6.45, 7) is 1.51. The molecule has 6 heteroatoms. The molecule has 0 aromatic carbocycles. The zero-order valence-corrected chi connectivity index (χ0v) is 12.9. The number of fused-ring (bicyclic) bond motifs is 5. The monoisotopic (exact) mass is 310 g/mol. The Hall–Kier alpha value is -0.980. The topological polar surface area (TPSA) is 71.1 Å². The van der Waals surface area contributed by atoms with Gasteiger partial charge >= 0.3 is 5.97 Å².